The highest BCUT2D eigenvalue weighted by Crippen LogP contribution is 2.26. The molecule has 0 saturated heterocycles. The molecule has 140 valence electrons. The van der Waals surface area contributed by atoms with Crippen molar-refractivity contribution in [1.82, 2.24) is 5.32 Å². The van der Waals surface area contributed by atoms with E-state index in [0.717, 1.165) is 5.56 Å². The second kappa shape index (κ2) is 8.19. The van der Waals surface area contributed by atoms with Crippen molar-refractivity contribution < 1.29 is 14.3 Å². The molecule has 2 aromatic rings. The van der Waals surface area contributed by atoms with Crippen LogP contribution in [-0.4, -0.2) is 18.3 Å². The molecular weight excluding hydrogens is 354 g/mol. The molecule has 0 aromatic heterocycles. The minimum Gasteiger partial charge on any atom is -0.491 e. The van der Waals surface area contributed by atoms with Gasteiger partial charge in [-0.05, 0) is 44.5 Å². The maximum atomic E-state index is 12.2. The van der Waals surface area contributed by atoms with Crippen molar-refractivity contribution in [3.8, 4) is 5.75 Å². The number of hydrogen-bond acceptors (Lipinski definition) is 5. The Balaban J connectivity index is 2.16. The number of anilines is 2. The van der Waals surface area contributed by atoms with Gasteiger partial charge in [0.2, 0.25) is 0 Å². The lowest BCUT2D eigenvalue weighted by Gasteiger charge is -2.24. The number of halogens is 1. The number of alkyl carbamates (subject to hydrolysis) is 1. The zero-order valence-electron chi connectivity index (χ0n) is 15.1. The number of benzene rings is 2. The lowest BCUT2D eigenvalue weighted by Crippen LogP contribution is -2.37. The summed E-state index contributed by atoms with van der Waals surface area (Å²) in [5.74, 6) is 0.541. The second-order valence-electron chi connectivity index (χ2n) is 6.82. The molecule has 1 amide bonds. The van der Waals surface area contributed by atoms with Crippen LogP contribution in [0.25, 0.3) is 0 Å². The Kier molecular flexibility index (Phi) is 6.21. The van der Waals surface area contributed by atoms with Gasteiger partial charge < -0.3 is 26.3 Å². The van der Waals surface area contributed by atoms with Crippen LogP contribution in [0.2, 0.25) is 5.02 Å². The van der Waals surface area contributed by atoms with Crippen molar-refractivity contribution in [2.75, 3.05) is 18.1 Å². The molecule has 0 aliphatic heterocycles. The maximum Gasteiger partial charge on any atom is 0.408 e. The van der Waals surface area contributed by atoms with E-state index >= 15 is 0 Å². The third-order valence-corrected chi connectivity index (χ3v) is 3.79. The van der Waals surface area contributed by atoms with E-state index < -0.39 is 17.7 Å². The number of nitrogens with two attached hydrogens (primary N) is 2. The van der Waals surface area contributed by atoms with E-state index in [1.54, 1.807) is 45.0 Å². The molecule has 0 spiro atoms. The van der Waals surface area contributed by atoms with Crippen LogP contribution in [-0.2, 0) is 4.74 Å². The van der Waals surface area contributed by atoms with Crippen LogP contribution in [0, 0.1) is 0 Å². The normalized spacial score (nSPS) is 12.3. The van der Waals surface area contributed by atoms with Gasteiger partial charge in [-0.3, -0.25) is 0 Å². The fraction of sp³-hybridized carbons (Fsp3) is 0.316. The number of amides is 1. The predicted molar refractivity (Wildman–Crippen MR) is 104 cm³/mol. The van der Waals surface area contributed by atoms with Gasteiger partial charge in [0, 0.05) is 11.1 Å². The topological polar surface area (TPSA) is 99.6 Å². The van der Waals surface area contributed by atoms with Crippen molar-refractivity contribution in [3.05, 3.63) is 53.1 Å². The Morgan fingerprint density at radius 3 is 2.46 bits per heavy atom. The van der Waals surface area contributed by atoms with Crippen LogP contribution in [0.15, 0.2) is 42.5 Å². The Bertz CT molecular complexity index is 775. The van der Waals surface area contributed by atoms with Crippen LogP contribution >= 0.6 is 11.6 Å². The molecule has 0 bridgehead atoms. The third-order valence-electron chi connectivity index (χ3n) is 3.45. The second-order valence-corrected chi connectivity index (χ2v) is 7.23. The van der Waals surface area contributed by atoms with Crippen molar-refractivity contribution >= 4 is 29.1 Å². The molecule has 0 unspecified atom stereocenters. The summed E-state index contributed by atoms with van der Waals surface area (Å²) in [5.41, 5.74) is 12.5. The van der Waals surface area contributed by atoms with Gasteiger partial charge in [-0.15, -0.1) is 0 Å². The third kappa shape index (κ3) is 5.74. The summed E-state index contributed by atoms with van der Waals surface area (Å²) in [4.78, 5) is 12.2. The van der Waals surface area contributed by atoms with Gasteiger partial charge in [-0.2, -0.15) is 0 Å². The lowest BCUT2D eigenvalue weighted by molar-refractivity contribution is 0.0487. The summed E-state index contributed by atoms with van der Waals surface area (Å²) in [6, 6.07) is 11.7. The van der Waals surface area contributed by atoms with Gasteiger partial charge in [-0.25, -0.2) is 4.79 Å². The van der Waals surface area contributed by atoms with Gasteiger partial charge in [0.25, 0.3) is 0 Å². The summed E-state index contributed by atoms with van der Waals surface area (Å²) >= 11 is 6.28. The van der Waals surface area contributed by atoms with Crippen LogP contribution in [0.4, 0.5) is 16.2 Å². The first-order chi connectivity index (χ1) is 12.2. The zero-order valence-corrected chi connectivity index (χ0v) is 15.8. The molecule has 0 saturated carbocycles. The van der Waals surface area contributed by atoms with Gasteiger partial charge in [0.1, 0.15) is 18.0 Å². The quantitative estimate of drug-likeness (QED) is 0.679. The summed E-state index contributed by atoms with van der Waals surface area (Å²) in [6.45, 7) is 5.53. The van der Waals surface area contributed by atoms with E-state index in [-0.39, 0.29) is 6.61 Å². The monoisotopic (exact) mass is 377 g/mol. The molecule has 26 heavy (non-hydrogen) atoms. The molecule has 2 aromatic carbocycles. The number of nitrogens with one attached hydrogen (secondary N) is 1. The molecule has 7 heteroatoms. The summed E-state index contributed by atoms with van der Waals surface area (Å²) in [7, 11) is 0. The Labute approximate surface area is 158 Å². The summed E-state index contributed by atoms with van der Waals surface area (Å²) in [6.07, 6.45) is -0.553. The van der Waals surface area contributed by atoms with Crippen LogP contribution in [0.5, 0.6) is 5.75 Å². The van der Waals surface area contributed by atoms with E-state index in [1.165, 1.54) is 0 Å². The average molecular weight is 378 g/mol. The van der Waals surface area contributed by atoms with Gasteiger partial charge in [0.15, 0.2) is 0 Å². The molecular formula is C19H24ClN3O3. The Hall–Kier alpha value is -2.60. The minimum atomic E-state index is -0.610. The van der Waals surface area contributed by atoms with Crippen LogP contribution in [0.3, 0.4) is 0 Å². The first-order valence-electron chi connectivity index (χ1n) is 8.17. The molecule has 2 rings (SSSR count). The van der Waals surface area contributed by atoms with Gasteiger partial charge in [-0.1, -0.05) is 29.8 Å². The van der Waals surface area contributed by atoms with Gasteiger partial charge in [0.05, 0.1) is 17.4 Å². The largest absolute Gasteiger partial charge is 0.491 e. The Morgan fingerprint density at radius 2 is 1.85 bits per heavy atom. The fourth-order valence-corrected chi connectivity index (χ4v) is 2.51. The van der Waals surface area contributed by atoms with E-state index in [4.69, 9.17) is 32.5 Å². The highest BCUT2D eigenvalue weighted by molar-refractivity contribution is 6.31. The van der Waals surface area contributed by atoms with Crippen molar-refractivity contribution in [1.29, 1.82) is 0 Å². The van der Waals surface area contributed by atoms with Crippen LogP contribution in [0.1, 0.15) is 32.4 Å². The number of hydrogen-bond donors (Lipinski definition) is 3. The molecule has 5 N–H and O–H groups in total. The molecule has 6 nitrogen and oxygen atoms in total. The Morgan fingerprint density at radius 1 is 1.15 bits per heavy atom. The standard InChI is InChI=1S/C19H24ClN3O3/c1-19(2,3)26-18(24)23-17(13-6-4-5-7-14(13)20)11-25-12-8-9-15(21)16(22)10-12/h4-10,17H,11,21-22H2,1-3H3,(H,23,24)/t17-/m0/s1. The molecule has 0 heterocycles. The van der Waals surface area contributed by atoms with Crippen molar-refractivity contribution in [2.24, 2.45) is 0 Å². The smallest absolute Gasteiger partial charge is 0.408 e. The van der Waals surface area contributed by atoms with Gasteiger partial charge >= 0.3 is 6.09 Å². The predicted octanol–water partition coefficient (Wildman–Crippen LogP) is 4.15. The first-order valence-corrected chi connectivity index (χ1v) is 8.55. The molecule has 1 atom stereocenters. The fourth-order valence-electron chi connectivity index (χ4n) is 2.24. The number of carbonyl (C=O) groups excluding carboxylic acids is 1. The highest BCUT2D eigenvalue weighted by Gasteiger charge is 2.22. The van der Waals surface area contributed by atoms with Crippen molar-refractivity contribution in [2.45, 2.75) is 32.4 Å². The van der Waals surface area contributed by atoms with Crippen LogP contribution < -0.4 is 21.5 Å². The number of carbonyl (C=O) groups is 1. The SMILES string of the molecule is CC(C)(C)OC(=O)N[C@@H](COc1ccc(N)c(N)c1)c1ccccc1Cl. The molecule has 0 aliphatic carbocycles. The van der Waals surface area contributed by atoms with E-state index in [1.807, 2.05) is 18.2 Å². The molecule has 0 aliphatic rings. The molecule has 0 fully saturated rings. The number of nitrogen functional groups attached to an aromatic ring is 2. The zero-order chi connectivity index (χ0) is 19.3. The maximum absolute atomic E-state index is 12.2. The first kappa shape index (κ1) is 19.7. The summed E-state index contributed by atoms with van der Waals surface area (Å²) < 4.78 is 11.1. The minimum absolute atomic E-state index is 0.145. The summed E-state index contributed by atoms with van der Waals surface area (Å²) in [5, 5.41) is 3.32. The van der Waals surface area contributed by atoms with E-state index in [0.29, 0.717) is 22.1 Å². The number of rotatable bonds is 5. The van der Waals surface area contributed by atoms with E-state index in [2.05, 4.69) is 5.32 Å². The lowest BCUT2D eigenvalue weighted by atomic mass is 10.1. The number of ether oxygens (including phenoxy) is 2. The average Bonchev–Trinajstić information content (AvgIpc) is 2.53. The highest BCUT2D eigenvalue weighted by atomic mass is 35.5. The van der Waals surface area contributed by atoms with E-state index in [9.17, 15) is 4.79 Å². The van der Waals surface area contributed by atoms with Crippen molar-refractivity contribution in [3.63, 3.8) is 0 Å². The molecule has 0 radical (unpaired) electrons.